The van der Waals surface area contributed by atoms with Gasteiger partial charge >= 0.3 is 6.09 Å². The molecule has 1 aromatic rings. The molecule has 1 aliphatic heterocycles. The molecular weight excluding hydrogens is 340 g/mol. The number of ether oxygens (including phenoxy) is 1. The van der Waals surface area contributed by atoms with Crippen molar-refractivity contribution >= 4 is 17.7 Å². The Labute approximate surface area is 162 Å². The van der Waals surface area contributed by atoms with Gasteiger partial charge in [0.25, 0.3) is 5.91 Å². The molecule has 5 heteroatoms. The molecule has 2 amide bonds. The SMILES string of the molecule is CC(C)/C=C1\N=C(c2ccccc2)C(C(C)C)N(C(=O)OC(C)(C)C)C1=O. The van der Waals surface area contributed by atoms with Crippen LogP contribution in [0.3, 0.4) is 0 Å². The lowest BCUT2D eigenvalue weighted by Crippen LogP contribution is -2.55. The summed E-state index contributed by atoms with van der Waals surface area (Å²) in [6.45, 7) is 13.3. The van der Waals surface area contributed by atoms with E-state index in [0.29, 0.717) is 5.71 Å². The van der Waals surface area contributed by atoms with Crippen LogP contribution >= 0.6 is 0 Å². The minimum absolute atomic E-state index is 0.0129. The molecule has 0 fully saturated rings. The van der Waals surface area contributed by atoms with Gasteiger partial charge in [0.2, 0.25) is 0 Å². The third kappa shape index (κ3) is 5.06. The predicted octanol–water partition coefficient (Wildman–Crippen LogP) is 4.82. The highest BCUT2D eigenvalue weighted by Gasteiger charge is 2.42. The zero-order valence-electron chi connectivity index (χ0n) is 17.3. The third-order valence-electron chi connectivity index (χ3n) is 4.02. The smallest absolute Gasteiger partial charge is 0.418 e. The molecule has 0 radical (unpaired) electrons. The molecule has 1 unspecified atom stereocenters. The molecule has 0 spiro atoms. The Balaban J connectivity index is 2.63. The maximum absolute atomic E-state index is 13.1. The number of hydrogen-bond acceptors (Lipinski definition) is 4. The van der Waals surface area contributed by atoms with Crippen molar-refractivity contribution in [2.45, 2.75) is 60.1 Å². The number of benzene rings is 1. The van der Waals surface area contributed by atoms with Gasteiger partial charge in [0.1, 0.15) is 11.3 Å². The summed E-state index contributed by atoms with van der Waals surface area (Å²) < 4.78 is 5.55. The van der Waals surface area contributed by atoms with Crippen molar-refractivity contribution in [3.63, 3.8) is 0 Å². The molecule has 0 bridgehead atoms. The lowest BCUT2D eigenvalue weighted by atomic mass is 9.90. The maximum Gasteiger partial charge on any atom is 0.418 e. The number of aliphatic imine (C=N–C) groups is 1. The van der Waals surface area contributed by atoms with E-state index < -0.39 is 23.6 Å². The van der Waals surface area contributed by atoms with Crippen LogP contribution < -0.4 is 0 Å². The number of amides is 2. The van der Waals surface area contributed by atoms with Crippen LogP contribution in [0.15, 0.2) is 47.1 Å². The summed E-state index contributed by atoms with van der Waals surface area (Å²) in [4.78, 5) is 32.0. The van der Waals surface area contributed by atoms with E-state index in [-0.39, 0.29) is 17.5 Å². The monoisotopic (exact) mass is 370 g/mol. The Morgan fingerprint density at radius 1 is 1.15 bits per heavy atom. The van der Waals surface area contributed by atoms with Crippen molar-refractivity contribution in [1.82, 2.24) is 4.90 Å². The minimum Gasteiger partial charge on any atom is -0.443 e. The largest absolute Gasteiger partial charge is 0.443 e. The topological polar surface area (TPSA) is 59.0 Å². The Morgan fingerprint density at radius 3 is 2.22 bits per heavy atom. The van der Waals surface area contributed by atoms with Gasteiger partial charge in [-0.15, -0.1) is 0 Å². The van der Waals surface area contributed by atoms with E-state index in [9.17, 15) is 9.59 Å². The summed E-state index contributed by atoms with van der Waals surface area (Å²) >= 11 is 0. The van der Waals surface area contributed by atoms with Gasteiger partial charge in [0.05, 0.1) is 11.8 Å². The Bertz CT molecular complexity index is 756. The molecule has 146 valence electrons. The van der Waals surface area contributed by atoms with Crippen molar-refractivity contribution in [2.75, 3.05) is 0 Å². The minimum atomic E-state index is -0.692. The zero-order valence-corrected chi connectivity index (χ0v) is 17.3. The molecule has 5 nitrogen and oxygen atoms in total. The van der Waals surface area contributed by atoms with Crippen LogP contribution in [-0.4, -0.2) is 34.3 Å². The van der Waals surface area contributed by atoms with E-state index in [1.807, 2.05) is 58.0 Å². The molecule has 0 aromatic heterocycles. The number of carbonyl (C=O) groups excluding carboxylic acids is 2. The highest BCUT2D eigenvalue weighted by Crippen LogP contribution is 2.28. The quantitative estimate of drug-likeness (QED) is 0.717. The van der Waals surface area contributed by atoms with Gasteiger partial charge in [0.15, 0.2) is 0 Å². The second-order valence-electron chi connectivity index (χ2n) is 8.50. The first-order chi connectivity index (χ1) is 12.5. The van der Waals surface area contributed by atoms with Crippen LogP contribution in [0.2, 0.25) is 0 Å². The van der Waals surface area contributed by atoms with Crippen LogP contribution in [-0.2, 0) is 9.53 Å². The van der Waals surface area contributed by atoms with Crippen molar-refractivity contribution in [2.24, 2.45) is 16.8 Å². The van der Waals surface area contributed by atoms with Crippen molar-refractivity contribution in [1.29, 1.82) is 0 Å². The molecule has 0 saturated heterocycles. The van der Waals surface area contributed by atoms with Gasteiger partial charge in [0, 0.05) is 0 Å². The van der Waals surface area contributed by atoms with Crippen LogP contribution in [0, 0.1) is 11.8 Å². The molecule has 1 aliphatic rings. The molecule has 0 saturated carbocycles. The highest BCUT2D eigenvalue weighted by atomic mass is 16.6. The van der Waals surface area contributed by atoms with E-state index in [1.165, 1.54) is 4.90 Å². The molecule has 0 N–H and O–H groups in total. The van der Waals surface area contributed by atoms with E-state index in [0.717, 1.165) is 5.56 Å². The molecule has 27 heavy (non-hydrogen) atoms. The lowest BCUT2D eigenvalue weighted by molar-refractivity contribution is -0.128. The fourth-order valence-corrected chi connectivity index (χ4v) is 3.01. The number of hydrogen-bond donors (Lipinski definition) is 0. The van der Waals surface area contributed by atoms with Gasteiger partial charge in [-0.05, 0) is 38.2 Å². The number of nitrogens with zero attached hydrogens (tertiary/aromatic N) is 2. The molecule has 0 aliphatic carbocycles. The maximum atomic E-state index is 13.1. The Hall–Kier alpha value is -2.43. The third-order valence-corrected chi connectivity index (χ3v) is 4.02. The summed E-state index contributed by atoms with van der Waals surface area (Å²) in [5, 5.41) is 0. The zero-order chi connectivity index (χ0) is 20.4. The first-order valence-electron chi connectivity index (χ1n) is 9.43. The van der Waals surface area contributed by atoms with E-state index in [1.54, 1.807) is 26.8 Å². The number of allylic oxidation sites excluding steroid dienone is 1. The first-order valence-corrected chi connectivity index (χ1v) is 9.43. The average Bonchev–Trinajstić information content (AvgIpc) is 2.54. The number of rotatable bonds is 3. The van der Waals surface area contributed by atoms with Crippen molar-refractivity contribution in [3.8, 4) is 0 Å². The summed E-state index contributed by atoms with van der Waals surface area (Å²) in [6, 6.07) is 9.19. The molecule has 2 rings (SSSR count). The van der Waals surface area contributed by atoms with Crippen LogP contribution in [0.4, 0.5) is 4.79 Å². The first kappa shape index (κ1) is 20.9. The Kier molecular flexibility index (Phi) is 6.24. The Morgan fingerprint density at radius 2 is 1.74 bits per heavy atom. The van der Waals surface area contributed by atoms with E-state index in [4.69, 9.17) is 4.74 Å². The summed E-state index contributed by atoms with van der Waals surface area (Å²) in [5.41, 5.74) is 1.20. The fourth-order valence-electron chi connectivity index (χ4n) is 3.01. The molecule has 1 heterocycles. The van der Waals surface area contributed by atoms with Crippen molar-refractivity contribution in [3.05, 3.63) is 47.7 Å². The average molecular weight is 370 g/mol. The van der Waals surface area contributed by atoms with Crippen LogP contribution in [0.1, 0.15) is 54.0 Å². The predicted molar refractivity (Wildman–Crippen MR) is 108 cm³/mol. The van der Waals surface area contributed by atoms with E-state index >= 15 is 0 Å². The normalized spacial score (nSPS) is 19.7. The van der Waals surface area contributed by atoms with E-state index in [2.05, 4.69) is 4.99 Å². The fraction of sp³-hybridized carbons (Fsp3) is 0.500. The van der Waals surface area contributed by atoms with Crippen LogP contribution in [0.5, 0.6) is 0 Å². The second-order valence-corrected chi connectivity index (χ2v) is 8.50. The molecule has 1 aromatic carbocycles. The lowest BCUT2D eigenvalue weighted by Gasteiger charge is -2.38. The van der Waals surface area contributed by atoms with Crippen LogP contribution in [0.25, 0.3) is 0 Å². The standard InChI is InChI=1S/C22H30N2O3/c1-14(2)13-17-20(25)24(21(26)27-22(5,6)7)19(15(3)4)18(23-17)16-11-9-8-10-12-16/h8-15,19H,1-7H3/b17-13-. The van der Waals surface area contributed by atoms with Crippen molar-refractivity contribution < 1.29 is 14.3 Å². The number of carbonyl (C=O) groups is 2. The van der Waals surface area contributed by atoms with Gasteiger partial charge in [-0.1, -0.05) is 64.1 Å². The summed E-state index contributed by atoms with van der Waals surface area (Å²) in [5.74, 6) is -0.293. The van der Waals surface area contributed by atoms with Gasteiger partial charge in [-0.2, -0.15) is 0 Å². The number of imide groups is 1. The van der Waals surface area contributed by atoms with Gasteiger partial charge < -0.3 is 4.74 Å². The second kappa shape index (κ2) is 8.07. The highest BCUT2D eigenvalue weighted by molar-refractivity contribution is 6.16. The van der Waals surface area contributed by atoms with Gasteiger partial charge in [-0.25, -0.2) is 14.7 Å². The molecular formula is C22H30N2O3. The summed E-state index contributed by atoms with van der Waals surface area (Å²) in [7, 11) is 0. The summed E-state index contributed by atoms with van der Waals surface area (Å²) in [6.07, 6.45) is 1.16. The molecule has 1 atom stereocenters. The van der Waals surface area contributed by atoms with Gasteiger partial charge in [-0.3, -0.25) is 4.79 Å².